The molecule has 0 saturated heterocycles. The first kappa shape index (κ1) is 61.4. The van der Waals surface area contributed by atoms with Gasteiger partial charge in [-0.25, -0.2) is 0 Å². The molecule has 0 bridgehead atoms. The van der Waals surface area contributed by atoms with Crippen molar-refractivity contribution in [3.05, 3.63) is 0 Å². The van der Waals surface area contributed by atoms with Crippen LogP contribution in [-0.2, 0) is 28.6 Å². The van der Waals surface area contributed by atoms with Crippen LogP contribution in [0, 0.1) is 11.8 Å². The zero-order valence-corrected chi connectivity index (χ0v) is 43.2. The molecule has 0 aromatic heterocycles. The highest BCUT2D eigenvalue weighted by atomic mass is 16.6. The maximum absolute atomic E-state index is 12.7. The van der Waals surface area contributed by atoms with Crippen LogP contribution in [0.15, 0.2) is 0 Å². The van der Waals surface area contributed by atoms with Crippen molar-refractivity contribution in [2.45, 2.75) is 323 Å². The van der Waals surface area contributed by atoms with E-state index >= 15 is 0 Å². The van der Waals surface area contributed by atoms with Gasteiger partial charge in [-0.15, -0.1) is 0 Å². The zero-order valence-electron chi connectivity index (χ0n) is 43.2. The van der Waals surface area contributed by atoms with E-state index in [1.807, 2.05) is 0 Å². The summed E-state index contributed by atoms with van der Waals surface area (Å²) in [6.07, 6.45) is 52.5. The van der Waals surface area contributed by atoms with E-state index in [0.29, 0.717) is 19.3 Å². The van der Waals surface area contributed by atoms with E-state index in [9.17, 15) is 14.4 Å². The molecule has 0 amide bonds. The standard InChI is InChI=1S/C57H110O6/c1-6-7-8-9-10-25-34-39-44-49-57(60)63-54(51-62-56(59)48-43-38-33-29-24-20-19-22-27-31-36-41-46-53(4)5)50-61-55(58)47-42-37-32-28-23-18-16-14-12-11-13-15-17-21-26-30-35-40-45-52(2)3/h52-54H,6-51H2,1-5H3/t54-/m1/s1. The Hall–Kier alpha value is -1.59. The third kappa shape index (κ3) is 51.3. The zero-order chi connectivity index (χ0) is 46.1. The third-order valence-corrected chi connectivity index (χ3v) is 13.0. The summed E-state index contributed by atoms with van der Waals surface area (Å²) >= 11 is 0. The lowest BCUT2D eigenvalue weighted by Gasteiger charge is -2.18. The monoisotopic (exact) mass is 891 g/mol. The van der Waals surface area contributed by atoms with Crippen molar-refractivity contribution >= 4 is 17.9 Å². The lowest BCUT2D eigenvalue weighted by molar-refractivity contribution is -0.167. The van der Waals surface area contributed by atoms with Crippen molar-refractivity contribution in [2.75, 3.05) is 13.2 Å². The SMILES string of the molecule is CCCCCCCCCCCC(=O)O[C@H](COC(=O)CCCCCCCCCCCCCCCCCCCCC(C)C)COC(=O)CCCCCCCCCCCCCCC(C)C. The molecule has 6 nitrogen and oxygen atoms in total. The predicted molar refractivity (Wildman–Crippen MR) is 270 cm³/mol. The van der Waals surface area contributed by atoms with E-state index < -0.39 is 6.10 Å². The average Bonchev–Trinajstić information content (AvgIpc) is 3.25. The molecule has 0 aliphatic carbocycles. The van der Waals surface area contributed by atoms with Crippen LogP contribution < -0.4 is 0 Å². The molecule has 0 rings (SSSR count). The van der Waals surface area contributed by atoms with Gasteiger partial charge in [0.2, 0.25) is 0 Å². The molecular formula is C57H110O6. The minimum absolute atomic E-state index is 0.0631. The molecule has 0 fully saturated rings. The summed E-state index contributed by atoms with van der Waals surface area (Å²) in [7, 11) is 0. The maximum Gasteiger partial charge on any atom is 0.306 e. The molecule has 6 heteroatoms. The number of esters is 3. The molecule has 0 aromatic carbocycles. The molecule has 63 heavy (non-hydrogen) atoms. The van der Waals surface area contributed by atoms with Crippen molar-refractivity contribution < 1.29 is 28.6 Å². The van der Waals surface area contributed by atoms with E-state index in [1.54, 1.807) is 0 Å². The number of ether oxygens (including phenoxy) is 3. The summed E-state index contributed by atoms with van der Waals surface area (Å²) in [5.74, 6) is 0.848. The van der Waals surface area contributed by atoms with Gasteiger partial charge in [0.25, 0.3) is 0 Å². The van der Waals surface area contributed by atoms with Gasteiger partial charge in [0.15, 0.2) is 6.10 Å². The molecule has 0 radical (unpaired) electrons. The van der Waals surface area contributed by atoms with Crippen LogP contribution in [0.3, 0.4) is 0 Å². The van der Waals surface area contributed by atoms with E-state index in [0.717, 1.165) is 69.6 Å². The average molecular weight is 892 g/mol. The molecule has 0 N–H and O–H groups in total. The van der Waals surface area contributed by atoms with Crippen LogP contribution in [0.25, 0.3) is 0 Å². The van der Waals surface area contributed by atoms with E-state index in [-0.39, 0.29) is 31.1 Å². The van der Waals surface area contributed by atoms with Gasteiger partial charge in [-0.2, -0.15) is 0 Å². The van der Waals surface area contributed by atoms with Crippen LogP contribution in [-0.4, -0.2) is 37.2 Å². The Balaban J connectivity index is 4.16. The minimum atomic E-state index is -0.761. The summed E-state index contributed by atoms with van der Waals surface area (Å²) in [6.45, 7) is 11.4. The van der Waals surface area contributed by atoms with E-state index in [2.05, 4.69) is 34.6 Å². The molecular weight excluding hydrogens is 781 g/mol. The molecule has 0 saturated carbocycles. The fourth-order valence-corrected chi connectivity index (χ4v) is 8.70. The molecule has 0 aliphatic rings. The van der Waals surface area contributed by atoms with Gasteiger partial charge < -0.3 is 14.2 Å². The Morgan fingerprint density at radius 1 is 0.302 bits per heavy atom. The largest absolute Gasteiger partial charge is 0.462 e. The fourth-order valence-electron chi connectivity index (χ4n) is 8.70. The van der Waals surface area contributed by atoms with Gasteiger partial charge in [-0.1, -0.05) is 279 Å². The maximum atomic E-state index is 12.7. The van der Waals surface area contributed by atoms with E-state index in [1.165, 1.54) is 205 Å². The van der Waals surface area contributed by atoms with E-state index in [4.69, 9.17) is 14.2 Å². The number of carbonyl (C=O) groups excluding carboxylic acids is 3. The second kappa shape index (κ2) is 49.8. The number of hydrogen-bond acceptors (Lipinski definition) is 6. The van der Waals surface area contributed by atoms with Gasteiger partial charge in [0.1, 0.15) is 13.2 Å². The molecule has 374 valence electrons. The smallest absolute Gasteiger partial charge is 0.306 e. The summed E-state index contributed by atoms with van der Waals surface area (Å²) in [5.41, 5.74) is 0. The summed E-state index contributed by atoms with van der Waals surface area (Å²) in [6, 6.07) is 0. The molecule has 0 heterocycles. The van der Waals surface area contributed by atoms with Crippen molar-refractivity contribution in [1.82, 2.24) is 0 Å². The second-order valence-electron chi connectivity index (χ2n) is 20.5. The van der Waals surface area contributed by atoms with Crippen molar-refractivity contribution in [3.63, 3.8) is 0 Å². The first-order valence-corrected chi connectivity index (χ1v) is 28.2. The molecule has 1 atom stereocenters. The van der Waals surface area contributed by atoms with Gasteiger partial charge in [-0.3, -0.25) is 14.4 Å². The van der Waals surface area contributed by atoms with Crippen LogP contribution in [0.2, 0.25) is 0 Å². The Kier molecular flexibility index (Phi) is 48.6. The number of rotatable bonds is 51. The minimum Gasteiger partial charge on any atom is -0.462 e. The quantitative estimate of drug-likeness (QED) is 0.0344. The highest BCUT2D eigenvalue weighted by Crippen LogP contribution is 2.18. The third-order valence-electron chi connectivity index (χ3n) is 13.0. The molecule has 0 aliphatic heterocycles. The number of hydrogen-bond donors (Lipinski definition) is 0. The second-order valence-corrected chi connectivity index (χ2v) is 20.5. The lowest BCUT2D eigenvalue weighted by Crippen LogP contribution is -2.30. The Labute approximate surface area is 393 Å². The van der Waals surface area contributed by atoms with Crippen LogP contribution >= 0.6 is 0 Å². The molecule has 0 spiro atoms. The van der Waals surface area contributed by atoms with Gasteiger partial charge >= 0.3 is 17.9 Å². The number of carbonyl (C=O) groups is 3. The Bertz CT molecular complexity index is 962. The summed E-state index contributed by atoms with van der Waals surface area (Å²) < 4.78 is 16.8. The van der Waals surface area contributed by atoms with Gasteiger partial charge in [0, 0.05) is 19.3 Å². The van der Waals surface area contributed by atoms with Crippen LogP contribution in [0.1, 0.15) is 317 Å². The Morgan fingerprint density at radius 3 is 0.778 bits per heavy atom. The highest BCUT2D eigenvalue weighted by Gasteiger charge is 2.19. The van der Waals surface area contributed by atoms with Gasteiger partial charge in [-0.05, 0) is 31.1 Å². The first-order valence-electron chi connectivity index (χ1n) is 28.2. The summed E-state index contributed by atoms with van der Waals surface area (Å²) in [4.78, 5) is 38.0. The molecule has 0 aromatic rings. The topological polar surface area (TPSA) is 78.9 Å². The number of unbranched alkanes of at least 4 members (excludes halogenated alkanes) is 36. The summed E-state index contributed by atoms with van der Waals surface area (Å²) in [5, 5.41) is 0. The Morgan fingerprint density at radius 2 is 0.524 bits per heavy atom. The predicted octanol–water partition coefficient (Wildman–Crippen LogP) is 18.5. The van der Waals surface area contributed by atoms with Gasteiger partial charge in [0.05, 0.1) is 0 Å². The van der Waals surface area contributed by atoms with Crippen molar-refractivity contribution in [1.29, 1.82) is 0 Å². The fraction of sp³-hybridized carbons (Fsp3) is 0.947. The first-order chi connectivity index (χ1) is 30.7. The van der Waals surface area contributed by atoms with Crippen molar-refractivity contribution in [3.8, 4) is 0 Å². The molecule has 0 unspecified atom stereocenters. The highest BCUT2D eigenvalue weighted by molar-refractivity contribution is 5.71. The van der Waals surface area contributed by atoms with Crippen LogP contribution in [0.5, 0.6) is 0 Å². The lowest BCUT2D eigenvalue weighted by atomic mass is 10.0. The van der Waals surface area contributed by atoms with Crippen molar-refractivity contribution in [2.24, 2.45) is 11.8 Å². The van der Waals surface area contributed by atoms with Crippen LogP contribution in [0.4, 0.5) is 0 Å². The normalized spacial score (nSPS) is 12.0.